The normalized spacial score (nSPS) is 31.4. The fourth-order valence-corrected chi connectivity index (χ4v) is 4.10. The summed E-state index contributed by atoms with van der Waals surface area (Å²) in [6.45, 7) is 12.6. The van der Waals surface area contributed by atoms with Crippen molar-refractivity contribution in [1.29, 1.82) is 0 Å². The van der Waals surface area contributed by atoms with Gasteiger partial charge in [0.25, 0.3) is 0 Å². The Labute approximate surface area is 151 Å². The van der Waals surface area contributed by atoms with E-state index in [9.17, 15) is 4.39 Å². The fraction of sp³-hybridized carbons (Fsp3) is 0.714. The first-order chi connectivity index (χ1) is 11.8. The van der Waals surface area contributed by atoms with Gasteiger partial charge in [0.1, 0.15) is 5.82 Å². The largest absolute Gasteiger partial charge is 0.347 e. The van der Waals surface area contributed by atoms with Crippen molar-refractivity contribution >= 4 is 0 Å². The second kappa shape index (κ2) is 7.34. The molecule has 0 N–H and O–H groups in total. The van der Waals surface area contributed by atoms with Crippen molar-refractivity contribution in [3.05, 3.63) is 35.6 Å². The smallest absolute Gasteiger partial charge is 0.171 e. The minimum Gasteiger partial charge on any atom is -0.347 e. The van der Waals surface area contributed by atoms with Crippen molar-refractivity contribution in [3.63, 3.8) is 0 Å². The topological polar surface area (TPSA) is 21.7 Å². The third-order valence-corrected chi connectivity index (χ3v) is 5.93. The van der Waals surface area contributed by atoms with Crippen LogP contribution in [0.15, 0.2) is 24.3 Å². The van der Waals surface area contributed by atoms with Crippen molar-refractivity contribution in [2.24, 2.45) is 11.3 Å². The van der Waals surface area contributed by atoms with Crippen molar-refractivity contribution in [3.8, 4) is 0 Å². The molecule has 0 saturated carbocycles. The van der Waals surface area contributed by atoms with Crippen LogP contribution in [0.2, 0.25) is 0 Å². The summed E-state index contributed by atoms with van der Waals surface area (Å²) in [7, 11) is 0. The molecule has 3 atom stereocenters. The van der Waals surface area contributed by atoms with Crippen LogP contribution in [0.1, 0.15) is 46.1 Å². The molecule has 2 fully saturated rings. The highest BCUT2D eigenvalue weighted by Crippen LogP contribution is 2.42. The molecule has 3 unspecified atom stereocenters. The molecule has 0 aliphatic carbocycles. The molecular formula is C21H32FNO2. The number of likely N-dealkylation sites (tertiary alicyclic amines) is 1. The standard InChI is InChI=1S/C21H32FNO2/c1-16-6-5-11-23(13-16)14-19-15-24-21(4,25-19)20(2,3)12-17-7-9-18(22)10-8-17/h7-10,16,19H,5-6,11-15H2,1-4H3. The van der Waals surface area contributed by atoms with Crippen molar-refractivity contribution in [2.75, 3.05) is 26.2 Å². The summed E-state index contributed by atoms with van der Waals surface area (Å²) in [6.07, 6.45) is 3.53. The predicted molar refractivity (Wildman–Crippen MR) is 98.0 cm³/mol. The first kappa shape index (κ1) is 18.8. The van der Waals surface area contributed by atoms with Crippen molar-refractivity contribution in [2.45, 2.75) is 58.8 Å². The molecule has 2 aliphatic rings. The Morgan fingerprint density at radius 1 is 1.28 bits per heavy atom. The Hall–Kier alpha value is -0.970. The van der Waals surface area contributed by atoms with Gasteiger partial charge < -0.3 is 14.4 Å². The monoisotopic (exact) mass is 349 g/mol. The molecule has 0 bridgehead atoms. The highest BCUT2D eigenvalue weighted by molar-refractivity contribution is 5.18. The van der Waals surface area contributed by atoms with Gasteiger partial charge in [0.2, 0.25) is 0 Å². The number of hydrogen-bond donors (Lipinski definition) is 0. The van der Waals surface area contributed by atoms with E-state index in [0.717, 1.165) is 31.0 Å². The maximum atomic E-state index is 13.1. The Bertz CT molecular complexity index is 574. The predicted octanol–water partition coefficient (Wildman–Crippen LogP) is 4.26. The van der Waals surface area contributed by atoms with Crippen LogP contribution < -0.4 is 0 Å². The van der Waals surface area contributed by atoms with E-state index in [1.165, 1.54) is 31.5 Å². The first-order valence-corrected chi connectivity index (χ1v) is 9.56. The lowest BCUT2D eigenvalue weighted by Crippen LogP contribution is -2.46. The van der Waals surface area contributed by atoms with Gasteiger partial charge in [0.15, 0.2) is 5.79 Å². The lowest BCUT2D eigenvalue weighted by molar-refractivity contribution is -0.224. The van der Waals surface area contributed by atoms with E-state index in [1.54, 1.807) is 0 Å². The van der Waals surface area contributed by atoms with Gasteiger partial charge >= 0.3 is 0 Å². The molecule has 3 rings (SSSR count). The molecule has 4 heteroatoms. The second-order valence-electron chi connectivity index (χ2n) is 8.69. The molecule has 25 heavy (non-hydrogen) atoms. The number of halogens is 1. The molecule has 2 saturated heterocycles. The SMILES string of the molecule is CC1CCCN(CC2COC(C)(C(C)(C)Cc3ccc(F)cc3)O2)C1. The number of rotatable bonds is 5. The molecule has 140 valence electrons. The highest BCUT2D eigenvalue weighted by Gasteiger charge is 2.49. The van der Waals surface area contributed by atoms with Crippen LogP contribution in [-0.2, 0) is 15.9 Å². The van der Waals surface area contributed by atoms with E-state index < -0.39 is 5.79 Å². The molecule has 1 aromatic rings. The van der Waals surface area contributed by atoms with Gasteiger partial charge in [-0.3, -0.25) is 0 Å². The number of ether oxygens (including phenoxy) is 2. The van der Waals surface area contributed by atoms with E-state index in [2.05, 4.69) is 32.6 Å². The molecule has 0 amide bonds. The van der Waals surface area contributed by atoms with Gasteiger partial charge in [0, 0.05) is 18.5 Å². The Morgan fingerprint density at radius 3 is 2.68 bits per heavy atom. The van der Waals surface area contributed by atoms with Crippen LogP contribution in [0.25, 0.3) is 0 Å². The highest BCUT2D eigenvalue weighted by atomic mass is 19.1. The maximum Gasteiger partial charge on any atom is 0.171 e. The minimum atomic E-state index is -0.618. The Morgan fingerprint density at radius 2 is 2.00 bits per heavy atom. The zero-order valence-corrected chi connectivity index (χ0v) is 16.1. The first-order valence-electron chi connectivity index (χ1n) is 9.56. The maximum absolute atomic E-state index is 13.1. The average molecular weight is 349 g/mol. The van der Waals surface area contributed by atoms with E-state index >= 15 is 0 Å². The molecule has 2 heterocycles. The molecule has 0 aromatic heterocycles. The van der Waals surface area contributed by atoms with Gasteiger partial charge in [-0.25, -0.2) is 4.39 Å². The Kier molecular flexibility index (Phi) is 5.52. The van der Waals surface area contributed by atoms with Gasteiger partial charge in [0.05, 0.1) is 12.7 Å². The van der Waals surface area contributed by atoms with E-state index in [-0.39, 0.29) is 17.3 Å². The van der Waals surface area contributed by atoms with E-state index in [4.69, 9.17) is 9.47 Å². The van der Waals surface area contributed by atoms with E-state index in [1.807, 2.05) is 12.1 Å². The number of hydrogen-bond acceptors (Lipinski definition) is 3. The summed E-state index contributed by atoms with van der Waals surface area (Å²) < 4.78 is 25.7. The molecular weight excluding hydrogens is 317 g/mol. The van der Waals surface area contributed by atoms with Gasteiger partial charge in [-0.1, -0.05) is 32.9 Å². The summed E-state index contributed by atoms with van der Waals surface area (Å²) in [4.78, 5) is 2.51. The molecule has 0 radical (unpaired) electrons. The van der Waals surface area contributed by atoms with Crippen molar-refractivity contribution in [1.82, 2.24) is 4.90 Å². The zero-order valence-electron chi connectivity index (χ0n) is 16.1. The average Bonchev–Trinajstić information content (AvgIpc) is 2.92. The van der Waals surface area contributed by atoms with Crippen LogP contribution in [-0.4, -0.2) is 43.0 Å². The lowest BCUT2D eigenvalue weighted by Gasteiger charge is -2.40. The summed E-state index contributed by atoms with van der Waals surface area (Å²) in [5, 5.41) is 0. The molecule has 3 nitrogen and oxygen atoms in total. The number of piperidine rings is 1. The lowest BCUT2D eigenvalue weighted by atomic mass is 9.78. The minimum absolute atomic E-state index is 0.128. The quantitative estimate of drug-likeness (QED) is 0.793. The molecule has 0 spiro atoms. The van der Waals surface area contributed by atoms with Crippen LogP contribution >= 0.6 is 0 Å². The fourth-order valence-electron chi connectivity index (χ4n) is 4.10. The molecule has 2 aliphatic heterocycles. The van der Waals surface area contributed by atoms with Crippen LogP contribution in [0, 0.1) is 17.2 Å². The van der Waals surface area contributed by atoms with Crippen LogP contribution in [0.4, 0.5) is 4.39 Å². The number of benzene rings is 1. The summed E-state index contributed by atoms with van der Waals surface area (Å²) in [6, 6.07) is 6.73. The van der Waals surface area contributed by atoms with E-state index in [0.29, 0.717) is 6.61 Å². The second-order valence-corrected chi connectivity index (χ2v) is 8.69. The van der Waals surface area contributed by atoms with Gasteiger partial charge in [-0.05, 0) is 56.3 Å². The molecule has 1 aromatic carbocycles. The Balaban J connectivity index is 1.60. The third kappa shape index (κ3) is 4.42. The zero-order chi connectivity index (χ0) is 18.1. The number of nitrogens with zero attached hydrogens (tertiary/aromatic N) is 1. The van der Waals surface area contributed by atoms with Crippen LogP contribution in [0.3, 0.4) is 0 Å². The van der Waals surface area contributed by atoms with Gasteiger partial charge in [-0.15, -0.1) is 0 Å². The third-order valence-electron chi connectivity index (χ3n) is 5.93. The summed E-state index contributed by atoms with van der Waals surface area (Å²) in [5.41, 5.74) is 0.905. The van der Waals surface area contributed by atoms with Crippen LogP contribution in [0.5, 0.6) is 0 Å². The summed E-state index contributed by atoms with van der Waals surface area (Å²) in [5.74, 6) is -0.0395. The van der Waals surface area contributed by atoms with Crippen molar-refractivity contribution < 1.29 is 13.9 Å². The summed E-state index contributed by atoms with van der Waals surface area (Å²) >= 11 is 0. The van der Waals surface area contributed by atoms with Gasteiger partial charge in [-0.2, -0.15) is 0 Å².